The fourth-order valence-electron chi connectivity index (χ4n) is 4.24. The van der Waals surface area contributed by atoms with Gasteiger partial charge in [0, 0.05) is 18.9 Å². The van der Waals surface area contributed by atoms with Gasteiger partial charge in [-0.3, -0.25) is 19.2 Å². The van der Waals surface area contributed by atoms with Crippen LogP contribution in [0.4, 0.5) is 13.2 Å². The van der Waals surface area contributed by atoms with Gasteiger partial charge in [-0.2, -0.15) is 18.3 Å². The Balaban J connectivity index is 1.27. The Bertz CT molecular complexity index is 1810. The van der Waals surface area contributed by atoms with E-state index in [1.54, 1.807) is 38.1 Å². The number of carbonyl (C=O) groups excluding carboxylic acids is 3. The van der Waals surface area contributed by atoms with Crippen LogP contribution in [-0.4, -0.2) is 71.5 Å². The van der Waals surface area contributed by atoms with E-state index in [1.807, 2.05) is 11.6 Å². The summed E-state index contributed by atoms with van der Waals surface area (Å²) in [6.07, 6.45) is -7.53. The van der Waals surface area contributed by atoms with Gasteiger partial charge >= 0.3 is 18.1 Å². The first-order valence-electron chi connectivity index (χ1n) is 14.8. The maximum absolute atomic E-state index is 13.5. The van der Waals surface area contributed by atoms with Gasteiger partial charge in [0.2, 0.25) is 11.2 Å². The van der Waals surface area contributed by atoms with Gasteiger partial charge in [-0.25, -0.2) is 17.8 Å². The SMILES string of the molecule is Cc1ccc(-c2cc(C(F)(F)F)nn2-c2ccc(S(=O)(=O)NC(=O)CCC(=O)OC3CN(/[N+]([O-])=N/OC(C)OC(=O)C(C)C)C3)cc2)cc1. The molecule has 1 atom stereocenters. The third-order valence-electron chi connectivity index (χ3n) is 6.93. The summed E-state index contributed by atoms with van der Waals surface area (Å²) in [6.45, 7) is 6.37. The lowest BCUT2D eigenvalue weighted by Crippen LogP contribution is -2.55. The summed E-state index contributed by atoms with van der Waals surface area (Å²) in [4.78, 5) is 40.6. The lowest BCUT2D eigenvalue weighted by molar-refractivity contribution is -0.728. The fraction of sp³-hybridized carbons (Fsp3) is 0.400. The number of hydrogen-bond acceptors (Lipinski definition) is 11. The Hall–Kier alpha value is -5.20. The predicted molar refractivity (Wildman–Crippen MR) is 162 cm³/mol. The van der Waals surface area contributed by atoms with E-state index < -0.39 is 70.9 Å². The van der Waals surface area contributed by atoms with Gasteiger partial charge in [-0.05, 0) is 37.3 Å². The number of aryl methyl sites for hydroxylation is 1. The van der Waals surface area contributed by atoms with E-state index in [1.165, 1.54) is 19.1 Å². The largest absolute Gasteiger partial charge is 0.569 e. The molecule has 1 N–H and O–H groups in total. The standard InChI is InChI=1S/C30H33F3N6O9S/c1-18(2)29(42)46-20(4)48-36-39(43)37-16-23(17-37)47-28(41)14-13-27(40)35-49(44,45)24-11-9-22(10-12-24)38-25(15-26(34-38)30(31,32)33)21-7-5-19(3)6-8-21/h5-12,15,18,20,23H,13-14,16-17H2,1-4H3,(H,35,40)/b39-36-. The molecule has 0 spiro atoms. The molecule has 19 heteroatoms. The summed E-state index contributed by atoms with van der Waals surface area (Å²) in [5.41, 5.74) is 0.483. The molecule has 1 aliphatic rings. The molecule has 1 saturated heterocycles. The molecule has 1 unspecified atom stereocenters. The predicted octanol–water partition coefficient (Wildman–Crippen LogP) is 4.03. The molecular formula is C30H33F3N6O9S. The molecule has 0 aliphatic carbocycles. The van der Waals surface area contributed by atoms with Crippen LogP contribution in [0.1, 0.15) is 44.9 Å². The quantitative estimate of drug-likeness (QED) is 0.0888. The van der Waals surface area contributed by atoms with Gasteiger partial charge in [0.1, 0.15) is 19.2 Å². The van der Waals surface area contributed by atoms with Crippen molar-refractivity contribution in [2.24, 2.45) is 11.2 Å². The monoisotopic (exact) mass is 710 g/mol. The molecule has 2 heterocycles. The molecule has 15 nitrogen and oxygen atoms in total. The van der Waals surface area contributed by atoms with E-state index in [4.69, 9.17) is 14.3 Å². The van der Waals surface area contributed by atoms with Gasteiger partial charge < -0.3 is 14.7 Å². The van der Waals surface area contributed by atoms with E-state index in [-0.39, 0.29) is 34.3 Å². The minimum absolute atomic E-state index is 0.0403. The highest BCUT2D eigenvalue weighted by Crippen LogP contribution is 2.33. The second-order valence-electron chi connectivity index (χ2n) is 11.3. The number of ether oxygens (including phenoxy) is 2. The Morgan fingerprint density at radius 3 is 2.29 bits per heavy atom. The van der Waals surface area contributed by atoms with Crippen molar-refractivity contribution in [3.8, 4) is 16.9 Å². The molecule has 1 aliphatic heterocycles. The number of nitrogens with zero attached hydrogens (tertiary/aromatic N) is 5. The van der Waals surface area contributed by atoms with E-state index >= 15 is 0 Å². The van der Waals surface area contributed by atoms with Crippen molar-refractivity contribution in [3.05, 3.63) is 71.1 Å². The number of amides is 1. The second-order valence-corrected chi connectivity index (χ2v) is 13.0. The van der Waals surface area contributed by atoms with Crippen molar-refractivity contribution in [3.63, 3.8) is 0 Å². The van der Waals surface area contributed by atoms with Crippen molar-refractivity contribution in [1.29, 1.82) is 0 Å². The second kappa shape index (κ2) is 14.9. The molecule has 0 saturated carbocycles. The molecule has 1 fully saturated rings. The number of sulfonamides is 1. The van der Waals surface area contributed by atoms with E-state index in [9.17, 15) is 41.2 Å². The number of hydrazine groups is 1. The molecule has 0 radical (unpaired) electrons. The molecule has 1 aromatic heterocycles. The van der Waals surface area contributed by atoms with Crippen LogP contribution in [0, 0.1) is 18.0 Å². The third-order valence-corrected chi connectivity index (χ3v) is 8.32. The average molecular weight is 711 g/mol. The summed E-state index contributed by atoms with van der Waals surface area (Å²) in [5, 5.41) is 20.0. The van der Waals surface area contributed by atoms with Gasteiger partial charge in [-0.15, -0.1) is 5.01 Å². The highest BCUT2D eigenvalue weighted by atomic mass is 32.2. The Morgan fingerprint density at radius 2 is 1.69 bits per heavy atom. The summed E-state index contributed by atoms with van der Waals surface area (Å²) in [6, 6.07) is 12.3. The van der Waals surface area contributed by atoms with Gasteiger partial charge in [0.25, 0.3) is 16.3 Å². The number of carbonyl (C=O) groups is 3. The van der Waals surface area contributed by atoms with E-state index in [2.05, 4.69) is 10.4 Å². The normalized spacial score (nSPS) is 14.6. The van der Waals surface area contributed by atoms with Crippen LogP contribution in [0.5, 0.6) is 0 Å². The molecule has 264 valence electrons. The van der Waals surface area contributed by atoms with Crippen molar-refractivity contribution >= 4 is 27.9 Å². The van der Waals surface area contributed by atoms with Crippen molar-refractivity contribution < 1.29 is 55.3 Å². The zero-order valence-electron chi connectivity index (χ0n) is 26.7. The Labute approximate surface area is 278 Å². The zero-order valence-corrected chi connectivity index (χ0v) is 27.5. The number of alkyl halides is 3. The van der Waals surface area contributed by atoms with Crippen molar-refractivity contribution in [1.82, 2.24) is 19.5 Å². The number of rotatable bonds is 13. The molecule has 0 bridgehead atoms. The molecule has 3 aromatic rings. The summed E-state index contributed by atoms with van der Waals surface area (Å²) < 4.78 is 79.0. The van der Waals surface area contributed by atoms with Gasteiger partial charge in [0.05, 0.1) is 33.6 Å². The number of aromatic nitrogens is 2. The number of hydrogen-bond donors (Lipinski definition) is 1. The van der Waals surface area contributed by atoms with Crippen LogP contribution in [0.15, 0.2) is 64.8 Å². The highest BCUT2D eigenvalue weighted by Gasteiger charge is 2.37. The van der Waals surface area contributed by atoms with Crippen LogP contribution in [0.2, 0.25) is 0 Å². The van der Waals surface area contributed by atoms with Crippen molar-refractivity contribution in [2.45, 2.75) is 64.0 Å². The van der Waals surface area contributed by atoms with Crippen LogP contribution in [-0.2, 0) is 44.9 Å². The Morgan fingerprint density at radius 1 is 1.06 bits per heavy atom. The minimum atomic E-state index is -4.72. The molecule has 49 heavy (non-hydrogen) atoms. The number of esters is 2. The van der Waals surface area contributed by atoms with E-state index in [0.717, 1.165) is 33.5 Å². The summed E-state index contributed by atoms with van der Waals surface area (Å²) in [5.74, 6) is -2.76. The fourth-order valence-corrected chi connectivity index (χ4v) is 5.26. The summed E-state index contributed by atoms with van der Waals surface area (Å²) in [7, 11) is -4.41. The number of nitrogens with one attached hydrogen (secondary N) is 1. The zero-order chi connectivity index (χ0) is 36.1. The maximum Gasteiger partial charge on any atom is 0.435 e. The average Bonchev–Trinajstić information content (AvgIpc) is 3.47. The Kier molecular flexibility index (Phi) is 11.2. The van der Waals surface area contributed by atoms with Crippen LogP contribution in [0.3, 0.4) is 0 Å². The molecule has 1 amide bonds. The van der Waals surface area contributed by atoms with Crippen LogP contribution < -0.4 is 4.72 Å². The highest BCUT2D eigenvalue weighted by molar-refractivity contribution is 7.90. The third kappa shape index (κ3) is 9.68. The molecular weight excluding hydrogens is 677 g/mol. The number of benzene rings is 2. The first-order chi connectivity index (χ1) is 22.9. The smallest absolute Gasteiger partial charge is 0.435 e. The summed E-state index contributed by atoms with van der Waals surface area (Å²) >= 11 is 0. The topological polar surface area (TPSA) is 185 Å². The van der Waals surface area contributed by atoms with Gasteiger partial charge in [-0.1, -0.05) is 43.7 Å². The first-order valence-corrected chi connectivity index (χ1v) is 16.3. The molecule has 4 rings (SSSR count). The number of halogens is 3. The first kappa shape index (κ1) is 36.6. The van der Waals surface area contributed by atoms with Crippen LogP contribution >= 0.6 is 0 Å². The van der Waals surface area contributed by atoms with Crippen LogP contribution in [0.25, 0.3) is 16.9 Å². The molecule has 2 aromatic carbocycles. The van der Waals surface area contributed by atoms with Crippen molar-refractivity contribution in [2.75, 3.05) is 13.1 Å². The maximum atomic E-state index is 13.5. The minimum Gasteiger partial charge on any atom is -0.569 e. The lowest BCUT2D eigenvalue weighted by atomic mass is 10.1. The van der Waals surface area contributed by atoms with E-state index in [0.29, 0.717) is 5.56 Å². The van der Waals surface area contributed by atoms with Gasteiger partial charge in [0.15, 0.2) is 5.69 Å². The lowest BCUT2D eigenvalue weighted by Gasteiger charge is -2.33.